The lowest BCUT2D eigenvalue weighted by atomic mass is 10.1. The number of carbonyl (C=O) groups is 1. The second-order valence-electron chi connectivity index (χ2n) is 8.99. The average molecular weight is 579 g/mol. The summed E-state index contributed by atoms with van der Waals surface area (Å²) >= 11 is 1.64. The Hall–Kier alpha value is -4.98. The predicted molar refractivity (Wildman–Crippen MR) is 148 cm³/mol. The van der Waals surface area contributed by atoms with Crippen molar-refractivity contribution < 1.29 is 22.7 Å². The number of ether oxygens (including phenoxy) is 1. The first-order valence-corrected chi connectivity index (χ1v) is 13.2. The SMILES string of the molecule is O=C(Nc1cnc(Oc2ccc(-c3cnc(N4CCC4)s3)cc2)nc1)Nc1cc(C(F)(F)F)ccc1-n1cccn1. The summed E-state index contributed by atoms with van der Waals surface area (Å²) in [6.07, 6.45) is 4.15. The lowest BCUT2D eigenvalue weighted by Gasteiger charge is -2.30. The van der Waals surface area contributed by atoms with Gasteiger partial charge in [-0.3, -0.25) is 0 Å². The maximum absolute atomic E-state index is 13.3. The molecule has 5 aromatic rings. The van der Waals surface area contributed by atoms with Crippen LogP contribution in [0.4, 0.5) is 34.5 Å². The summed E-state index contributed by atoms with van der Waals surface area (Å²) in [7, 11) is 0. The number of urea groups is 1. The molecule has 0 bridgehead atoms. The zero-order valence-electron chi connectivity index (χ0n) is 21.2. The van der Waals surface area contributed by atoms with Gasteiger partial charge in [-0.1, -0.05) is 11.3 Å². The van der Waals surface area contributed by atoms with E-state index in [0.717, 1.165) is 40.8 Å². The second-order valence-corrected chi connectivity index (χ2v) is 10.00. The standard InChI is InChI=1S/C27H21F3N8O2S/c28-27(29,30)18-5-8-22(38-12-1-9-34-38)21(13-18)36-24(39)35-19-14-31-25(32-15-19)40-20-6-3-17(4-7-20)23-16-33-26(41-23)37-10-2-11-37/h1,3-9,12-16H,2,10-11H2,(H2,35,36,39). The molecule has 0 unspecified atom stereocenters. The molecular weight excluding hydrogens is 557 g/mol. The highest BCUT2D eigenvalue weighted by atomic mass is 32.1. The van der Waals surface area contributed by atoms with Crippen LogP contribution in [0, 0.1) is 0 Å². The summed E-state index contributed by atoms with van der Waals surface area (Å²) in [4.78, 5) is 28.6. The molecule has 208 valence electrons. The van der Waals surface area contributed by atoms with Gasteiger partial charge in [-0.05, 0) is 60.5 Å². The first-order chi connectivity index (χ1) is 19.8. The van der Waals surface area contributed by atoms with Gasteiger partial charge in [0, 0.05) is 31.7 Å². The highest BCUT2D eigenvalue weighted by Gasteiger charge is 2.31. The highest BCUT2D eigenvalue weighted by molar-refractivity contribution is 7.18. The number of halogens is 3. The van der Waals surface area contributed by atoms with Crippen molar-refractivity contribution in [3.63, 3.8) is 0 Å². The minimum absolute atomic E-state index is 0.0559. The van der Waals surface area contributed by atoms with Gasteiger partial charge < -0.3 is 20.3 Å². The molecule has 2 aromatic carbocycles. The lowest BCUT2D eigenvalue weighted by molar-refractivity contribution is -0.137. The van der Waals surface area contributed by atoms with E-state index in [1.165, 1.54) is 35.8 Å². The Kier molecular flexibility index (Phi) is 6.97. The zero-order valence-corrected chi connectivity index (χ0v) is 22.0. The van der Waals surface area contributed by atoms with Crippen LogP contribution in [0.3, 0.4) is 0 Å². The molecule has 1 saturated heterocycles. The molecule has 0 aliphatic carbocycles. The Balaban J connectivity index is 1.09. The van der Waals surface area contributed by atoms with Crippen LogP contribution >= 0.6 is 11.3 Å². The van der Waals surface area contributed by atoms with Crippen LogP contribution < -0.4 is 20.3 Å². The number of amides is 2. The summed E-state index contributed by atoms with van der Waals surface area (Å²) in [5.41, 5.74) is 0.493. The summed E-state index contributed by atoms with van der Waals surface area (Å²) in [5.74, 6) is 0.524. The fourth-order valence-corrected chi connectivity index (χ4v) is 4.96. The van der Waals surface area contributed by atoms with Crippen LogP contribution in [0.15, 0.2) is 79.5 Å². The van der Waals surface area contributed by atoms with Gasteiger partial charge in [0.2, 0.25) is 0 Å². The molecule has 0 spiro atoms. The molecule has 3 aromatic heterocycles. The van der Waals surface area contributed by atoms with E-state index in [0.29, 0.717) is 5.75 Å². The van der Waals surface area contributed by atoms with E-state index < -0.39 is 17.8 Å². The van der Waals surface area contributed by atoms with Gasteiger partial charge in [-0.2, -0.15) is 18.3 Å². The molecule has 0 saturated carbocycles. The monoisotopic (exact) mass is 578 g/mol. The molecule has 0 atom stereocenters. The maximum Gasteiger partial charge on any atom is 0.416 e. The number of nitrogens with one attached hydrogen (secondary N) is 2. The Morgan fingerprint density at radius 3 is 2.41 bits per heavy atom. The molecular formula is C27H21F3N8O2S. The molecule has 1 fully saturated rings. The molecule has 41 heavy (non-hydrogen) atoms. The smallest absolute Gasteiger partial charge is 0.416 e. The minimum atomic E-state index is -4.59. The Bertz CT molecular complexity index is 1650. The van der Waals surface area contributed by atoms with E-state index in [2.05, 4.69) is 35.6 Å². The van der Waals surface area contributed by atoms with E-state index in [1.54, 1.807) is 35.7 Å². The quantitative estimate of drug-likeness (QED) is 0.228. The number of carbonyl (C=O) groups excluding carboxylic acids is 1. The van der Waals surface area contributed by atoms with E-state index in [1.807, 2.05) is 18.3 Å². The molecule has 14 heteroatoms. The summed E-state index contributed by atoms with van der Waals surface area (Å²) in [6, 6.07) is 11.3. The van der Waals surface area contributed by atoms with Crippen molar-refractivity contribution in [3.05, 3.63) is 85.1 Å². The van der Waals surface area contributed by atoms with E-state index in [-0.39, 0.29) is 23.1 Å². The van der Waals surface area contributed by atoms with Gasteiger partial charge in [-0.15, -0.1) is 0 Å². The maximum atomic E-state index is 13.3. The molecule has 0 radical (unpaired) electrons. The zero-order chi connectivity index (χ0) is 28.4. The molecule has 10 nitrogen and oxygen atoms in total. The van der Waals surface area contributed by atoms with Gasteiger partial charge in [0.05, 0.1) is 39.9 Å². The number of alkyl halides is 3. The molecule has 6 rings (SSSR count). The Morgan fingerprint density at radius 1 is 0.976 bits per heavy atom. The summed E-state index contributed by atoms with van der Waals surface area (Å²) in [6.45, 7) is 2.09. The fraction of sp³-hybridized carbons (Fsp3) is 0.148. The number of hydrogen-bond acceptors (Lipinski definition) is 8. The normalized spacial score (nSPS) is 13.0. The first-order valence-electron chi connectivity index (χ1n) is 12.4. The van der Waals surface area contributed by atoms with Crippen LogP contribution in [-0.2, 0) is 6.18 Å². The Morgan fingerprint density at radius 2 is 1.76 bits per heavy atom. The van der Waals surface area contributed by atoms with Gasteiger partial charge in [-0.25, -0.2) is 24.4 Å². The van der Waals surface area contributed by atoms with Gasteiger partial charge >= 0.3 is 18.2 Å². The van der Waals surface area contributed by atoms with Crippen molar-refractivity contribution in [2.45, 2.75) is 12.6 Å². The number of hydrogen-bond donors (Lipinski definition) is 2. The highest BCUT2D eigenvalue weighted by Crippen LogP contribution is 2.35. The number of anilines is 3. The third kappa shape index (κ3) is 5.96. The van der Waals surface area contributed by atoms with Crippen molar-refractivity contribution in [3.8, 4) is 27.9 Å². The van der Waals surface area contributed by atoms with Crippen molar-refractivity contribution >= 4 is 33.9 Å². The average Bonchev–Trinajstić information content (AvgIpc) is 3.62. The number of rotatable bonds is 7. The van der Waals surface area contributed by atoms with Crippen molar-refractivity contribution in [1.29, 1.82) is 0 Å². The van der Waals surface area contributed by atoms with Crippen LogP contribution in [0.5, 0.6) is 11.8 Å². The van der Waals surface area contributed by atoms with E-state index >= 15 is 0 Å². The summed E-state index contributed by atoms with van der Waals surface area (Å²) < 4.78 is 46.9. The largest absolute Gasteiger partial charge is 0.424 e. The van der Waals surface area contributed by atoms with Gasteiger partial charge in [0.1, 0.15) is 5.75 Å². The van der Waals surface area contributed by atoms with Gasteiger partial charge in [0.15, 0.2) is 5.13 Å². The van der Waals surface area contributed by atoms with E-state index in [9.17, 15) is 18.0 Å². The molecule has 2 N–H and O–H groups in total. The molecule has 1 aliphatic heterocycles. The van der Waals surface area contributed by atoms with Crippen molar-refractivity contribution in [1.82, 2.24) is 24.7 Å². The summed E-state index contributed by atoms with van der Waals surface area (Å²) in [5, 5.41) is 10.0. The third-order valence-corrected chi connectivity index (χ3v) is 7.28. The second kappa shape index (κ2) is 10.9. The molecule has 4 heterocycles. The number of benzene rings is 2. The lowest BCUT2D eigenvalue weighted by Crippen LogP contribution is -2.36. The van der Waals surface area contributed by atoms with Crippen LogP contribution in [-0.4, -0.2) is 43.9 Å². The predicted octanol–water partition coefficient (Wildman–Crippen LogP) is 6.45. The van der Waals surface area contributed by atoms with Crippen molar-refractivity contribution in [2.24, 2.45) is 0 Å². The number of nitrogens with zero attached hydrogens (tertiary/aromatic N) is 6. The van der Waals surface area contributed by atoms with Crippen LogP contribution in [0.2, 0.25) is 0 Å². The third-order valence-electron chi connectivity index (χ3n) is 6.18. The minimum Gasteiger partial charge on any atom is -0.424 e. The number of aromatic nitrogens is 5. The fourth-order valence-electron chi connectivity index (χ4n) is 3.99. The van der Waals surface area contributed by atoms with Gasteiger partial charge in [0.25, 0.3) is 0 Å². The number of thiazole rings is 1. The first kappa shape index (κ1) is 26.3. The van der Waals surface area contributed by atoms with Crippen LogP contribution in [0.25, 0.3) is 16.1 Å². The Labute approximate surface area is 235 Å². The van der Waals surface area contributed by atoms with E-state index in [4.69, 9.17) is 4.74 Å². The topological polar surface area (TPSA) is 110 Å². The van der Waals surface area contributed by atoms with Crippen molar-refractivity contribution in [2.75, 3.05) is 28.6 Å². The molecule has 1 aliphatic rings. The van der Waals surface area contributed by atoms with Crippen LogP contribution in [0.1, 0.15) is 12.0 Å². The molecule has 2 amide bonds.